The Bertz CT molecular complexity index is 510. The van der Waals surface area contributed by atoms with Crippen LogP contribution >= 0.6 is 0 Å². The van der Waals surface area contributed by atoms with Gasteiger partial charge in [-0.3, -0.25) is 4.98 Å². The van der Waals surface area contributed by atoms with E-state index in [0.29, 0.717) is 12.5 Å². The van der Waals surface area contributed by atoms with E-state index in [-0.39, 0.29) is 11.5 Å². The van der Waals surface area contributed by atoms with E-state index in [1.165, 1.54) is 6.42 Å². The molecule has 0 saturated carbocycles. The minimum absolute atomic E-state index is 0.163. The molecule has 1 saturated heterocycles. The molecule has 1 aliphatic rings. The van der Waals surface area contributed by atoms with Crippen LogP contribution in [0.3, 0.4) is 0 Å². The highest BCUT2D eigenvalue weighted by atomic mass is 16.5. The molecule has 24 heavy (non-hydrogen) atoms. The first kappa shape index (κ1) is 18.7. The van der Waals surface area contributed by atoms with Crippen molar-refractivity contribution in [1.29, 1.82) is 0 Å². The van der Waals surface area contributed by atoms with Gasteiger partial charge in [-0.2, -0.15) is 0 Å². The van der Waals surface area contributed by atoms with Crippen LogP contribution in [-0.4, -0.2) is 36.7 Å². The maximum absolute atomic E-state index is 6.07. The largest absolute Gasteiger partial charge is 0.377 e. The Balaban J connectivity index is 1.94. The summed E-state index contributed by atoms with van der Waals surface area (Å²) in [7, 11) is 0. The fourth-order valence-corrected chi connectivity index (χ4v) is 3.23. The van der Waals surface area contributed by atoms with Gasteiger partial charge in [0.2, 0.25) is 0 Å². The Kier molecular flexibility index (Phi) is 7.03. The van der Waals surface area contributed by atoms with Gasteiger partial charge in [-0.15, -0.1) is 0 Å². The van der Waals surface area contributed by atoms with Crippen LogP contribution in [0.15, 0.2) is 29.4 Å². The molecule has 1 aliphatic heterocycles. The van der Waals surface area contributed by atoms with Crippen LogP contribution in [0, 0.1) is 11.3 Å². The number of nitrogens with zero attached hydrogens (tertiary/aromatic N) is 2. The standard InChI is InChI=1S/C19H32N4O/c1-5-20-18(23-14-16-10-6-7-11-21-16)22-13-15-9-8-12-24-17(15)19(2,3)4/h6-7,10-11,15,17H,5,8-9,12-14H2,1-4H3,(H2,20,22,23). The number of aliphatic imine (C=N–C) groups is 1. The summed E-state index contributed by atoms with van der Waals surface area (Å²) >= 11 is 0. The van der Waals surface area contributed by atoms with Crippen molar-refractivity contribution in [3.8, 4) is 0 Å². The molecule has 0 spiro atoms. The van der Waals surface area contributed by atoms with E-state index in [1.54, 1.807) is 6.20 Å². The van der Waals surface area contributed by atoms with Crippen molar-refractivity contribution in [1.82, 2.24) is 15.6 Å². The minimum atomic E-state index is 0.163. The fourth-order valence-electron chi connectivity index (χ4n) is 3.23. The van der Waals surface area contributed by atoms with Gasteiger partial charge < -0.3 is 15.4 Å². The summed E-state index contributed by atoms with van der Waals surface area (Å²) < 4.78 is 6.07. The van der Waals surface area contributed by atoms with Crippen LogP contribution in [0.5, 0.6) is 0 Å². The SMILES string of the molecule is CCNC(=NCc1ccccn1)NCC1CCCOC1C(C)(C)C. The van der Waals surface area contributed by atoms with Gasteiger partial charge in [0, 0.05) is 31.8 Å². The lowest BCUT2D eigenvalue weighted by atomic mass is 9.78. The Morgan fingerprint density at radius 2 is 2.17 bits per heavy atom. The summed E-state index contributed by atoms with van der Waals surface area (Å²) in [5, 5.41) is 6.81. The number of hydrogen-bond acceptors (Lipinski definition) is 3. The second-order valence-corrected chi connectivity index (χ2v) is 7.46. The van der Waals surface area contributed by atoms with Crippen LogP contribution in [0.4, 0.5) is 0 Å². The molecule has 5 nitrogen and oxygen atoms in total. The summed E-state index contributed by atoms with van der Waals surface area (Å²) in [6.45, 7) is 12.1. The third-order valence-electron chi connectivity index (χ3n) is 4.30. The molecule has 2 N–H and O–H groups in total. The van der Waals surface area contributed by atoms with E-state index < -0.39 is 0 Å². The van der Waals surface area contributed by atoms with Gasteiger partial charge >= 0.3 is 0 Å². The Morgan fingerprint density at radius 1 is 1.33 bits per heavy atom. The normalized spacial score (nSPS) is 22.2. The van der Waals surface area contributed by atoms with E-state index in [9.17, 15) is 0 Å². The first-order valence-corrected chi connectivity index (χ1v) is 9.04. The molecule has 0 aliphatic carbocycles. The zero-order chi connectivity index (χ0) is 17.4. The molecule has 0 aromatic carbocycles. The van der Waals surface area contributed by atoms with Crippen molar-refractivity contribution in [3.63, 3.8) is 0 Å². The molecule has 5 heteroatoms. The molecular formula is C19H32N4O. The number of guanidine groups is 1. The fraction of sp³-hybridized carbons (Fsp3) is 0.684. The number of hydrogen-bond donors (Lipinski definition) is 2. The number of aromatic nitrogens is 1. The average Bonchev–Trinajstić information content (AvgIpc) is 2.58. The van der Waals surface area contributed by atoms with Crippen molar-refractivity contribution >= 4 is 5.96 Å². The average molecular weight is 332 g/mol. The third kappa shape index (κ3) is 5.78. The molecule has 2 atom stereocenters. The van der Waals surface area contributed by atoms with E-state index in [2.05, 4.69) is 48.3 Å². The lowest BCUT2D eigenvalue weighted by molar-refractivity contribution is -0.0835. The summed E-state index contributed by atoms with van der Waals surface area (Å²) in [5.41, 5.74) is 1.14. The lowest BCUT2D eigenvalue weighted by Crippen LogP contribution is -2.47. The molecule has 1 fully saturated rings. The van der Waals surface area contributed by atoms with Gasteiger partial charge in [0.15, 0.2) is 5.96 Å². The summed E-state index contributed by atoms with van der Waals surface area (Å²) in [4.78, 5) is 8.97. The van der Waals surface area contributed by atoms with Crippen LogP contribution < -0.4 is 10.6 Å². The molecule has 1 aromatic heterocycles. The van der Waals surface area contributed by atoms with Crippen molar-refractivity contribution in [2.24, 2.45) is 16.3 Å². The first-order chi connectivity index (χ1) is 11.5. The molecule has 2 rings (SSSR count). The molecule has 0 bridgehead atoms. The van der Waals surface area contributed by atoms with Crippen LogP contribution in [0.1, 0.15) is 46.2 Å². The molecular weight excluding hydrogens is 300 g/mol. The van der Waals surface area contributed by atoms with Gasteiger partial charge in [0.25, 0.3) is 0 Å². The Morgan fingerprint density at radius 3 is 2.83 bits per heavy atom. The van der Waals surface area contributed by atoms with E-state index in [1.807, 2.05) is 18.2 Å². The molecule has 0 amide bonds. The second-order valence-electron chi connectivity index (χ2n) is 7.46. The monoisotopic (exact) mass is 332 g/mol. The molecule has 0 radical (unpaired) electrons. The molecule has 1 aromatic rings. The van der Waals surface area contributed by atoms with Crippen LogP contribution in [-0.2, 0) is 11.3 Å². The predicted octanol–water partition coefficient (Wildman–Crippen LogP) is 2.98. The number of pyridine rings is 1. The predicted molar refractivity (Wildman–Crippen MR) is 99.0 cm³/mol. The number of rotatable bonds is 5. The van der Waals surface area contributed by atoms with E-state index in [4.69, 9.17) is 4.74 Å². The molecule has 134 valence electrons. The Hall–Kier alpha value is -1.62. The first-order valence-electron chi connectivity index (χ1n) is 9.04. The van der Waals surface area contributed by atoms with Gasteiger partial charge in [-0.1, -0.05) is 26.8 Å². The van der Waals surface area contributed by atoms with Gasteiger partial charge in [0.05, 0.1) is 18.3 Å². The molecule has 2 heterocycles. The third-order valence-corrected chi connectivity index (χ3v) is 4.30. The lowest BCUT2D eigenvalue weighted by Gasteiger charge is -2.40. The highest BCUT2D eigenvalue weighted by Gasteiger charge is 2.35. The zero-order valence-electron chi connectivity index (χ0n) is 15.5. The highest BCUT2D eigenvalue weighted by molar-refractivity contribution is 5.79. The van der Waals surface area contributed by atoms with E-state index >= 15 is 0 Å². The maximum Gasteiger partial charge on any atom is 0.191 e. The zero-order valence-corrected chi connectivity index (χ0v) is 15.5. The number of nitrogens with one attached hydrogen (secondary N) is 2. The van der Waals surface area contributed by atoms with Gasteiger partial charge in [-0.05, 0) is 37.3 Å². The van der Waals surface area contributed by atoms with Crippen molar-refractivity contribution in [2.75, 3.05) is 19.7 Å². The topological polar surface area (TPSA) is 58.5 Å². The van der Waals surface area contributed by atoms with Gasteiger partial charge in [0.1, 0.15) is 0 Å². The summed E-state index contributed by atoms with van der Waals surface area (Å²) in [6.07, 6.45) is 4.44. The van der Waals surface area contributed by atoms with Crippen LogP contribution in [0.2, 0.25) is 0 Å². The second kappa shape index (κ2) is 9.02. The number of ether oxygens (including phenoxy) is 1. The summed E-state index contributed by atoms with van der Waals surface area (Å²) in [5.74, 6) is 1.36. The quantitative estimate of drug-likeness (QED) is 0.643. The van der Waals surface area contributed by atoms with Crippen molar-refractivity contribution in [3.05, 3.63) is 30.1 Å². The maximum atomic E-state index is 6.07. The smallest absolute Gasteiger partial charge is 0.191 e. The van der Waals surface area contributed by atoms with E-state index in [0.717, 1.165) is 37.8 Å². The van der Waals surface area contributed by atoms with Gasteiger partial charge in [-0.25, -0.2) is 4.99 Å². The molecule has 2 unspecified atom stereocenters. The van der Waals surface area contributed by atoms with Crippen molar-refractivity contribution in [2.45, 2.75) is 53.2 Å². The highest BCUT2D eigenvalue weighted by Crippen LogP contribution is 2.33. The Labute approximate surface area is 146 Å². The minimum Gasteiger partial charge on any atom is -0.377 e. The van der Waals surface area contributed by atoms with Crippen LogP contribution in [0.25, 0.3) is 0 Å². The van der Waals surface area contributed by atoms with Crippen molar-refractivity contribution < 1.29 is 4.74 Å². The summed E-state index contributed by atoms with van der Waals surface area (Å²) in [6, 6.07) is 5.91.